The van der Waals surface area contributed by atoms with E-state index in [9.17, 15) is 26.0 Å². The fourth-order valence-electron chi connectivity index (χ4n) is 3.57. The summed E-state index contributed by atoms with van der Waals surface area (Å²) in [6.07, 6.45) is -1.81. The third kappa shape index (κ3) is 6.48. The lowest BCUT2D eigenvalue weighted by Crippen LogP contribution is -2.26. The number of benzene rings is 3. The summed E-state index contributed by atoms with van der Waals surface area (Å²) in [5.41, 5.74) is 1.18. The Bertz CT molecular complexity index is 1440. The molecule has 1 aliphatic heterocycles. The number of ether oxygens (including phenoxy) is 1. The lowest BCUT2D eigenvalue weighted by Gasteiger charge is -2.22. The Morgan fingerprint density at radius 3 is 2.44 bits per heavy atom. The first-order valence-electron chi connectivity index (χ1n) is 10.7. The van der Waals surface area contributed by atoms with E-state index in [4.69, 9.17) is 4.74 Å². The normalized spacial score (nSPS) is 14.0. The van der Waals surface area contributed by atoms with Gasteiger partial charge in [0.15, 0.2) is 15.7 Å². The van der Waals surface area contributed by atoms with E-state index in [2.05, 4.69) is 9.98 Å². The number of nitrogens with zero attached hydrogens (tertiary/aromatic N) is 3. The van der Waals surface area contributed by atoms with Crippen molar-refractivity contribution in [1.82, 2.24) is 0 Å². The Morgan fingerprint density at radius 1 is 1.00 bits per heavy atom. The van der Waals surface area contributed by atoms with E-state index in [1.807, 2.05) is 0 Å². The third-order valence-corrected chi connectivity index (χ3v) is 6.05. The van der Waals surface area contributed by atoms with Gasteiger partial charge in [-0.05, 0) is 47.5 Å². The summed E-state index contributed by atoms with van der Waals surface area (Å²) >= 11 is 0. The average Bonchev–Trinajstić information content (AvgIpc) is 2.82. The van der Waals surface area contributed by atoms with Crippen molar-refractivity contribution in [2.75, 3.05) is 17.8 Å². The predicted molar refractivity (Wildman–Crippen MR) is 130 cm³/mol. The van der Waals surface area contributed by atoms with Gasteiger partial charge in [-0.3, -0.25) is 0 Å². The highest BCUT2D eigenvalue weighted by molar-refractivity contribution is 7.89. The predicted octanol–water partition coefficient (Wildman–Crippen LogP) is 5.22. The molecule has 0 saturated heterocycles. The van der Waals surface area contributed by atoms with Gasteiger partial charge in [0.25, 0.3) is 0 Å². The highest BCUT2D eigenvalue weighted by Gasteiger charge is 2.30. The molecule has 0 saturated carbocycles. The summed E-state index contributed by atoms with van der Waals surface area (Å²) in [5.74, 6) is -0.324. The van der Waals surface area contributed by atoms with Crippen LogP contribution in [-0.4, -0.2) is 33.5 Å². The smallest absolute Gasteiger partial charge is 0.416 e. The van der Waals surface area contributed by atoms with E-state index in [-0.39, 0.29) is 36.2 Å². The monoisotopic (exact) mass is 519 g/mol. The zero-order chi connectivity index (χ0) is 25.9. The van der Waals surface area contributed by atoms with Gasteiger partial charge in [0.1, 0.15) is 24.8 Å². The van der Waals surface area contributed by atoms with Crippen molar-refractivity contribution in [3.05, 3.63) is 94.8 Å². The lowest BCUT2D eigenvalue weighted by molar-refractivity contribution is -0.137. The molecule has 0 unspecified atom stereocenters. The van der Waals surface area contributed by atoms with Gasteiger partial charge in [0.2, 0.25) is 0 Å². The minimum Gasteiger partial charge on any atom is -0.488 e. The second-order valence-corrected chi connectivity index (χ2v) is 10.3. The molecule has 0 radical (unpaired) electrons. The van der Waals surface area contributed by atoms with Crippen molar-refractivity contribution in [2.45, 2.75) is 18.5 Å². The van der Waals surface area contributed by atoms with Crippen LogP contribution in [0.3, 0.4) is 0 Å². The first-order chi connectivity index (χ1) is 17.0. The molecule has 3 aromatic rings. The Balaban J connectivity index is 1.51. The molecule has 4 rings (SSSR count). The summed E-state index contributed by atoms with van der Waals surface area (Å²) in [5, 5.41) is 0. The molecule has 0 atom stereocenters. The molecule has 0 N–H and O–H groups in total. The van der Waals surface area contributed by atoms with Crippen molar-refractivity contribution in [2.24, 2.45) is 9.98 Å². The summed E-state index contributed by atoms with van der Waals surface area (Å²) < 4.78 is 81.8. The topological polar surface area (TPSA) is 71.3 Å². The number of hydrogen-bond acceptors (Lipinski definition) is 6. The zero-order valence-electron chi connectivity index (χ0n) is 19.0. The standard InChI is InChI=1S/C25H21F4N3O3S/c1-36(33,34)14-18-5-3-7-21(11-18)32-15-30-24(31-16-32)22-9-8-20(26)12-23(22)35-13-17-4-2-6-19(10-17)25(27,28)29/h2-12,15H,13-14,16H2,1H3. The van der Waals surface area contributed by atoms with Crippen LogP contribution in [-0.2, 0) is 28.4 Å². The molecule has 188 valence electrons. The molecule has 3 aromatic carbocycles. The van der Waals surface area contributed by atoms with E-state index in [1.54, 1.807) is 29.2 Å². The largest absolute Gasteiger partial charge is 0.488 e. The number of alkyl halides is 3. The van der Waals surface area contributed by atoms with Gasteiger partial charge < -0.3 is 9.64 Å². The van der Waals surface area contributed by atoms with Gasteiger partial charge in [-0.2, -0.15) is 13.2 Å². The molecular formula is C25H21F4N3O3S. The Labute approximate surface area is 205 Å². The van der Waals surface area contributed by atoms with Gasteiger partial charge in [0, 0.05) is 18.0 Å². The first-order valence-corrected chi connectivity index (χ1v) is 12.7. The third-order valence-electron chi connectivity index (χ3n) is 5.20. The minimum atomic E-state index is -4.48. The molecule has 1 aliphatic rings. The van der Waals surface area contributed by atoms with Crippen LogP contribution in [0.25, 0.3) is 0 Å². The van der Waals surface area contributed by atoms with Crippen LogP contribution in [0.4, 0.5) is 23.2 Å². The number of aliphatic imine (C=N–C) groups is 2. The number of hydrogen-bond donors (Lipinski definition) is 0. The molecule has 0 bridgehead atoms. The van der Waals surface area contributed by atoms with Crippen LogP contribution in [0.1, 0.15) is 22.3 Å². The van der Waals surface area contributed by atoms with Crippen LogP contribution < -0.4 is 9.64 Å². The van der Waals surface area contributed by atoms with Crippen molar-refractivity contribution in [3.8, 4) is 5.75 Å². The maximum Gasteiger partial charge on any atom is 0.416 e. The van der Waals surface area contributed by atoms with Crippen LogP contribution in [0.2, 0.25) is 0 Å². The van der Waals surface area contributed by atoms with Gasteiger partial charge >= 0.3 is 6.18 Å². The SMILES string of the molecule is CS(=O)(=O)Cc1cccc(N2C=NC(c3ccc(F)cc3OCc3cccc(C(F)(F)F)c3)=NC2)c1. The van der Waals surface area contributed by atoms with Crippen molar-refractivity contribution >= 4 is 27.7 Å². The highest BCUT2D eigenvalue weighted by Crippen LogP contribution is 2.30. The molecule has 0 fully saturated rings. The number of rotatable bonds is 7. The van der Waals surface area contributed by atoms with Crippen LogP contribution in [0.5, 0.6) is 5.75 Å². The summed E-state index contributed by atoms with van der Waals surface area (Å²) in [4.78, 5) is 10.5. The van der Waals surface area contributed by atoms with Crippen molar-refractivity contribution < 1.29 is 30.7 Å². The highest BCUT2D eigenvalue weighted by atomic mass is 32.2. The second kappa shape index (κ2) is 10.1. The summed E-state index contributed by atoms with van der Waals surface area (Å²) in [6.45, 7) is -0.0533. The maximum atomic E-state index is 13.9. The molecule has 1 heterocycles. The van der Waals surface area contributed by atoms with Crippen molar-refractivity contribution in [3.63, 3.8) is 0 Å². The number of halogens is 4. The van der Waals surface area contributed by atoms with Gasteiger partial charge in [0.05, 0.1) is 23.2 Å². The molecule has 0 amide bonds. The molecule has 11 heteroatoms. The van der Waals surface area contributed by atoms with Gasteiger partial charge in [-0.25, -0.2) is 22.8 Å². The van der Waals surface area contributed by atoms with Crippen LogP contribution in [0, 0.1) is 5.82 Å². The van der Waals surface area contributed by atoms with Gasteiger partial charge in [-0.15, -0.1) is 0 Å². The summed E-state index contributed by atoms with van der Waals surface area (Å²) in [6, 6.07) is 15.5. The Morgan fingerprint density at radius 2 is 1.75 bits per heavy atom. The number of anilines is 1. The van der Waals surface area contributed by atoms with Crippen molar-refractivity contribution in [1.29, 1.82) is 0 Å². The second-order valence-electron chi connectivity index (χ2n) is 8.20. The molecule has 0 spiro atoms. The van der Waals surface area contributed by atoms with E-state index in [0.717, 1.165) is 24.5 Å². The molecule has 0 aliphatic carbocycles. The molecule has 6 nitrogen and oxygen atoms in total. The quantitative estimate of drug-likeness (QED) is 0.402. The number of amidine groups is 1. The molecular weight excluding hydrogens is 498 g/mol. The Kier molecular flexibility index (Phi) is 7.11. The van der Waals surface area contributed by atoms with E-state index < -0.39 is 27.4 Å². The minimum absolute atomic E-state index is 0.0897. The lowest BCUT2D eigenvalue weighted by atomic mass is 10.1. The molecule has 36 heavy (non-hydrogen) atoms. The zero-order valence-corrected chi connectivity index (χ0v) is 19.9. The molecule has 0 aromatic heterocycles. The van der Waals surface area contributed by atoms with E-state index >= 15 is 0 Å². The summed E-state index contributed by atoms with van der Waals surface area (Å²) in [7, 11) is -3.19. The number of sulfone groups is 1. The fourth-order valence-corrected chi connectivity index (χ4v) is 4.36. The average molecular weight is 520 g/mol. The van der Waals surface area contributed by atoms with Crippen LogP contribution >= 0.6 is 0 Å². The Hall–Kier alpha value is -3.73. The van der Waals surface area contributed by atoms with E-state index in [1.165, 1.54) is 30.6 Å². The first kappa shape index (κ1) is 25.4. The van der Waals surface area contributed by atoms with Gasteiger partial charge in [-0.1, -0.05) is 24.3 Å². The fraction of sp³-hybridized carbons (Fsp3) is 0.200. The van der Waals surface area contributed by atoms with Crippen LogP contribution in [0.15, 0.2) is 76.7 Å². The van der Waals surface area contributed by atoms with E-state index in [0.29, 0.717) is 16.8 Å². The maximum absolute atomic E-state index is 13.9.